The van der Waals surface area contributed by atoms with Gasteiger partial charge in [0.05, 0.1) is 17.9 Å². The van der Waals surface area contributed by atoms with Gasteiger partial charge in [-0.15, -0.1) is 0 Å². The van der Waals surface area contributed by atoms with Crippen LogP contribution in [0.1, 0.15) is 42.9 Å². The highest BCUT2D eigenvalue weighted by Gasteiger charge is 2.32. The van der Waals surface area contributed by atoms with Gasteiger partial charge in [0, 0.05) is 25.9 Å². The van der Waals surface area contributed by atoms with Crippen LogP contribution in [0.2, 0.25) is 0 Å². The Morgan fingerprint density at radius 3 is 2.75 bits per heavy atom. The van der Waals surface area contributed by atoms with Crippen LogP contribution >= 0.6 is 0 Å². The molecule has 0 spiro atoms. The van der Waals surface area contributed by atoms with E-state index in [1.165, 1.54) is 24.4 Å². The fraction of sp³-hybridized carbons (Fsp3) is 0.667. The molecule has 1 saturated carbocycles. The van der Waals surface area contributed by atoms with Gasteiger partial charge in [0.15, 0.2) is 0 Å². The second-order valence-corrected chi connectivity index (χ2v) is 4.87. The molecular weight excluding hydrogens is 202 g/mol. The molecule has 4 heteroatoms. The molecule has 0 aromatic carbocycles. The van der Waals surface area contributed by atoms with Crippen LogP contribution in [0.3, 0.4) is 0 Å². The van der Waals surface area contributed by atoms with Crippen molar-refractivity contribution in [3.8, 4) is 0 Å². The van der Waals surface area contributed by atoms with E-state index in [0.29, 0.717) is 5.92 Å². The maximum Gasteiger partial charge on any atom is 0.219 e. The van der Waals surface area contributed by atoms with E-state index in [9.17, 15) is 4.79 Å². The van der Waals surface area contributed by atoms with Crippen molar-refractivity contribution in [3.63, 3.8) is 0 Å². The Bertz CT molecular complexity index is 445. The summed E-state index contributed by atoms with van der Waals surface area (Å²) in [5, 5.41) is 0. The van der Waals surface area contributed by atoms with Crippen LogP contribution in [0.4, 0.5) is 0 Å². The number of imidazole rings is 1. The van der Waals surface area contributed by atoms with E-state index in [2.05, 4.69) is 16.5 Å². The molecular formula is C12H17N3O. The summed E-state index contributed by atoms with van der Waals surface area (Å²) >= 11 is 0. The van der Waals surface area contributed by atoms with Crippen LogP contribution < -0.4 is 0 Å². The zero-order valence-corrected chi connectivity index (χ0v) is 9.86. The van der Waals surface area contributed by atoms with Crippen molar-refractivity contribution in [2.24, 2.45) is 0 Å². The van der Waals surface area contributed by atoms with Gasteiger partial charge in [0.25, 0.3) is 0 Å². The molecule has 1 aliphatic carbocycles. The van der Waals surface area contributed by atoms with E-state index in [0.717, 1.165) is 25.3 Å². The number of amides is 1. The lowest BCUT2D eigenvalue weighted by atomic mass is 10.2. The topological polar surface area (TPSA) is 38.1 Å². The molecule has 1 fully saturated rings. The summed E-state index contributed by atoms with van der Waals surface area (Å²) in [6.07, 6.45) is 2.57. The highest BCUT2D eigenvalue weighted by Crippen LogP contribution is 2.40. The molecule has 0 unspecified atom stereocenters. The van der Waals surface area contributed by atoms with Gasteiger partial charge in [-0.25, -0.2) is 4.98 Å². The molecule has 1 aromatic heterocycles. The summed E-state index contributed by atoms with van der Waals surface area (Å²) in [6.45, 7) is 6.19. The summed E-state index contributed by atoms with van der Waals surface area (Å²) < 4.78 is 2.34. The van der Waals surface area contributed by atoms with E-state index in [1.807, 2.05) is 4.90 Å². The zero-order valence-electron chi connectivity index (χ0n) is 9.86. The monoisotopic (exact) mass is 219 g/mol. The Labute approximate surface area is 95.3 Å². The number of rotatable bonds is 1. The largest absolute Gasteiger partial charge is 0.335 e. The minimum atomic E-state index is 0.167. The number of hydrogen-bond donors (Lipinski definition) is 0. The SMILES string of the molecule is CC(=O)N1CCn2c(C3CC3)nc(C)c2C1. The Hall–Kier alpha value is -1.32. The maximum atomic E-state index is 11.4. The average Bonchev–Trinajstić information content (AvgIpc) is 3.04. The second kappa shape index (κ2) is 3.34. The van der Waals surface area contributed by atoms with Gasteiger partial charge >= 0.3 is 0 Å². The van der Waals surface area contributed by atoms with Gasteiger partial charge in [-0.2, -0.15) is 0 Å². The summed E-state index contributed by atoms with van der Waals surface area (Å²) in [7, 11) is 0. The van der Waals surface area contributed by atoms with E-state index in [-0.39, 0.29) is 5.91 Å². The van der Waals surface area contributed by atoms with E-state index < -0.39 is 0 Å². The van der Waals surface area contributed by atoms with Crippen molar-refractivity contribution < 1.29 is 4.79 Å². The number of fused-ring (bicyclic) bond motifs is 1. The zero-order chi connectivity index (χ0) is 11.3. The van der Waals surface area contributed by atoms with E-state index >= 15 is 0 Å². The minimum absolute atomic E-state index is 0.167. The highest BCUT2D eigenvalue weighted by atomic mass is 16.2. The first-order valence-corrected chi connectivity index (χ1v) is 5.98. The molecule has 1 aliphatic heterocycles. The molecule has 16 heavy (non-hydrogen) atoms. The van der Waals surface area contributed by atoms with Crippen LogP contribution in [0.15, 0.2) is 0 Å². The summed E-state index contributed by atoms with van der Waals surface area (Å²) in [4.78, 5) is 17.9. The number of carbonyl (C=O) groups is 1. The Balaban J connectivity index is 1.95. The number of nitrogens with zero attached hydrogens (tertiary/aromatic N) is 3. The first-order chi connectivity index (χ1) is 7.66. The lowest BCUT2D eigenvalue weighted by Crippen LogP contribution is -2.37. The van der Waals surface area contributed by atoms with Crippen molar-refractivity contribution in [1.29, 1.82) is 0 Å². The molecule has 0 atom stereocenters. The van der Waals surface area contributed by atoms with E-state index in [4.69, 9.17) is 0 Å². The summed E-state index contributed by atoms with van der Waals surface area (Å²) in [5.41, 5.74) is 2.34. The molecule has 86 valence electrons. The quantitative estimate of drug-likeness (QED) is 0.716. The lowest BCUT2D eigenvalue weighted by Gasteiger charge is -2.28. The van der Waals surface area contributed by atoms with E-state index in [1.54, 1.807) is 6.92 Å². The molecule has 0 saturated heterocycles. The fourth-order valence-electron chi connectivity index (χ4n) is 2.48. The second-order valence-electron chi connectivity index (χ2n) is 4.87. The van der Waals surface area contributed by atoms with Gasteiger partial charge < -0.3 is 9.47 Å². The van der Waals surface area contributed by atoms with Gasteiger partial charge in [-0.05, 0) is 19.8 Å². The predicted octanol–water partition coefficient (Wildman–Crippen LogP) is 1.43. The van der Waals surface area contributed by atoms with Crippen molar-refractivity contribution >= 4 is 5.91 Å². The highest BCUT2D eigenvalue weighted by molar-refractivity contribution is 5.73. The number of aryl methyl sites for hydroxylation is 1. The third-order valence-electron chi connectivity index (χ3n) is 3.62. The fourth-order valence-corrected chi connectivity index (χ4v) is 2.48. The molecule has 1 aromatic rings. The first kappa shape index (κ1) is 9.87. The predicted molar refractivity (Wildman–Crippen MR) is 60.0 cm³/mol. The van der Waals surface area contributed by atoms with Gasteiger partial charge in [-0.1, -0.05) is 0 Å². The Morgan fingerprint density at radius 1 is 1.38 bits per heavy atom. The van der Waals surface area contributed by atoms with Crippen LogP contribution in [-0.4, -0.2) is 26.9 Å². The average molecular weight is 219 g/mol. The smallest absolute Gasteiger partial charge is 0.219 e. The van der Waals surface area contributed by atoms with Crippen molar-refractivity contribution in [2.75, 3.05) is 6.54 Å². The first-order valence-electron chi connectivity index (χ1n) is 5.98. The minimum Gasteiger partial charge on any atom is -0.335 e. The lowest BCUT2D eigenvalue weighted by molar-refractivity contribution is -0.130. The molecule has 0 N–H and O–H groups in total. The standard InChI is InChI=1S/C12H17N3O/c1-8-11-7-14(9(2)16)5-6-15(11)12(13-8)10-3-4-10/h10H,3-7H2,1-2H3. The number of hydrogen-bond acceptors (Lipinski definition) is 2. The van der Waals surface area contributed by atoms with Crippen LogP contribution in [0, 0.1) is 6.92 Å². The van der Waals surface area contributed by atoms with Crippen molar-refractivity contribution in [3.05, 3.63) is 17.2 Å². The Morgan fingerprint density at radius 2 is 2.12 bits per heavy atom. The van der Waals surface area contributed by atoms with Crippen LogP contribution in [-0.2, 0) is 17.9 Å². The molecule has 2 aliphatic rings. The van der Waals surface area contributed by atoms with Gasteiger partial charge in [0.2, 0.25) is 5.91 Å². The molecule has 2 heterocycles. The van der Waals surface area contributed by atoms with Gasteiger partial charge in [-0.3, -0.25) is 4.79 Å². The van der Waals surface area contributed by atoms with Crippen molar-refractivity contribution in [2.45, 2.75) is 45.7 Å². The summed E-state index contributed by atoms with van der Waals surface area (Å²) in [5.74, 6) is 2.12. The molecule has 4 nitrogen and oxygen atoms in total. The van der Waals surface area contributed by atoms with Crippen LogP contribution in [0.5, 0.6) is 0 Å². The Kier molecular flexibility index (Phi) is 2.06. The third-order valence-corrected chi connectivity index (χ3v) is 3.62. The molecule has 1 amide bonds. The third kappa shape index (κ3) is 1.44. The normalized spacial score (nSPS) is 19.8. The van der Waals surface area contributed by atoms with Gasteiger partial charge in [0.1, 0.15) is 5.82 Å². The molecule has 0 bridgehead atoms. The maximum absolute atomic E-state index is 11.4. The number of carbonyl (C=O) groups excluding carboxylic acids is 1. The van der Waals surface area contributed by atoms with Crippen LogP contribution in [0.25, 0.3) is 0 Å². The molecule has 0 radical (unpaired) electrons. The van der Waals surface area contributed by atoms with Crippen molar-refractivity contribution in [1.82, 2.24) is 14.5 Å². The number of aromatic nitrogens is 2. The summed E-state index contributed by atoms with van der Waals surface area (Å²) in [6, 6.07) is 0. The molecule has 3 rings (SSSR count).